The SMILES string of the molecule is COC1=CC=C(C(C)NCc2ccccn2)CC1. The van der Waals surface area contributed by atoms with Crippen molar-refractivity contribution in [1.82, 2.24) is 10.3 Å². The van der Waals surface area contributed by atoms with Gasteiger partial charge in [-0.1, -0.05) is 17.7 Å². The number of aromatic nitrogens is 1. The van der Waals surface area contributed by atoms with Crippen LogP contribution in [0.5, 0.6) is 0 Å². The summed E-state index contributed by atoms with van der Waals surface area (Å²) in [5.74, 6) is 1.07. The first-order valence-electron chi connectivity index (χ1n) is 6.36. The highest BCUT2D eigenvalue weighted by atomic mass is 16.5. The van der Waals surface area contributed by atoms with Crippen molar-refractivity contribution >= 4 is 0 Å². The maximum atomic E-state index is 5.23. The molecule has 96 valence electrons. The quantitative estimate of drug-likeness (QED) is 0.864. The molecule has 1 aromatic heterocycles. The van der Waals surface area contributed by atoms with Gasteiger partial charge in [-0.05, 0) is 31.6 Å². The largest absolute Gasteiger partial charge is 0.501 e. The van der Waals surface area contributed by atoms with Crippen molar-refractivity contribution < 1.29 is 4.74 Å². The molecule has 1 aliphatic carbocycles. The molecular weight excluding hydrogens is 224 g/mol. The molecule has 1 unspecified atom stereocenters. The number of hydrogen-bond donors (Lipinski definition) is 1. The molecular formula is C15H20N2O. The van der Waals surface area contributed by atoms with Gasteiger partial charge in [0.25, 0.3) is 0 Å². The van der Waals surface area contributed by atoms with E-state index in [0.717, 1.165) is 30.8 Å². The van der Waals surface area contributed by atoms with Crippen molar-refractivity contribution in [1.29, 1.82) is 0 Å². The number of pyridine rings is 1. The van der Waals surface area contributed by atoms with E-state index >= 15 is 0 Å². The standard InChI is InChI=1S/C15H20N2O/c1-12(13-6-8-15(18-2)9-7-13)17-11-14-5-3-4-10-16-14/h3-6,8,10,12,17H,7,9,11H2,1-2H3. The van der Waals surface area contributed by atoms with E-state index in [0.29, 0.717) is 6.04 Å². The maximum absolute atomic E-state index is 5.23. The number of ether oxygens (including phenoxy) is 1. The Kier molecular flexibility index (Phi) is 4.53. The Morgan fingerprint density at radius 1 is 1.33 bits per heavy atom. The first-order chi connectivity index (χ1) is 8.79. The van der Waals surface area contributed by atoms with Gasteiger partial charge >= 0.3 is 0 Å². The Hall–Kier alpha value is -1.61. The average Bonchev–Trinajstić information content (AvgIpc) is 2.46. The Labute approximate surface area is 109 Å². The summed E-state index contributed by atoms with van der Waals surface area (Å²) in [6.07, 6.45) is 8.12. The van der Waals surface area contributed by atoms with E-state index in [1.807, 2.05) is 24.4 Å². The van der Waals surface area contributed by atoms with Crippen LogP contribution in [0.1, 0.15) is 25.5 Å². The molecule has 0 radical (unpaired) electrons. The molecule has 1 N–H and O–H groups in total. The minimum Gasteiger partial charge on any atom is -0.501 e. The summed E-state index contributed by atoms with van der Waals surface area (Å²) in [7, 11) is 1.73. The fourth-order valence-electron chi connectivity index (χ4n) is 2.06. The van der Waals surface area contributed by atoms with Crippen LogP contribution in [-0.2, 0) is 11.3 Å². The predicted octanol–water partition coefficient (Wildman–Crippen LogP) is 2.81. The minimum atomic E-state index is 0.377. The van der Waals surface area contributed by atoms with Gasteiger partial charge in [0.2, 0.25) is 0 Å². The van der Waals surface area contributed by atoms with Gasteiger partial charge in [-0.3, -0.25) is 4.98 Å². The monoisotopic (exact) mass is 244 g/mol. The second-order valence-electron chi connectivity index (χ2n) is 4.50. The summed E-state index contributed by atoms with van der Waals surface area (Å²) in [5, 5.41) is 3.50. The van der Waals surface area contributed by atoms with Gasteiger partial charge in [0.1, 0.15) is 0 Å². The predicted molar refractivity (Wildman–Crippen MR) is 72.9 cm³/mol. The van der Waals surface area contributed by atoms with Gasteiger partial charge in [0.15, 0.2) is 0 Å². The summed E-state index contributed by atoms with van der Waals surface area (Å²) in [6, 6.07) is 6.37. The third kappa shape index (κ3) is 3.44. The van der Waals surface area contributed by atoms with E-state index in [-0.39, 0.29) is 0 Å². The molecule has 0 amide bonds. The fraction of sp³-hybridized carbons (Fsp3) is 0.400. The second kappa shape index (κ2) is 6.36. The molecule has 3 nitrogen and oxygen atoms in total. The summed E-state index contributed by atoms with van der Waals surface area (Å²) >= 11 is 0. The van der Waals surface area contributed by atoms with Gasteiger partial charge < -0.3 is 10.1 Å². The molecule has 1 heterocycles. The Balaban J connectivity index is 1.87. The molecule has 1 atom stereocenters. The van der Waals surface area contributed by atoms with Crippen molar-refractivity contribution in [2.24, 2.45) is 0 Å². The molecule has 18 heavy (non-hydrogen) atoms. The van der Waals surface area contributed by atoms with Crippen LogP contribution in [0.2, 0.25) is 0 Å². The smallest absolute Gasteiger partial charge is 0.0958 e. The van der Waals surface area contributed by atoms with Crippen LogP contribution in [0.3, 0.4) is 0 Å². The van der Waals surface area contributed by atoms with Crippen LogP contribution in [0.25, 0.3) is 0 Å². The lowest BCUT2D eigenvalue weighted by Crippen LogP contribution is -2.28. The fourth-order valence-corrected chi connectivity index (χ4v) is 2.06. The highest BCUT2D eigenvalue weighted by molar-refractivity contribution is 5.24. The molecule has 0 fully saturated rings. The number of methoxy groups -OCH3 is 1. The number of hydrogen-bond acceptors (Lipinski definition) is 3. The Bertz CT molecular complexity index is 437. The van der Waals surface area contributed by atoms with Gasteiger partial charge in [-0.2, -0.15) is 0 Å². The van der Waals surface area contributed by atoms with Crippen molar-refractivity contribution in [2.45, 2.75) is 32.4 Å². The second-order valence-corrected chi connectivity index (χ2v) is 4.50. The molecule has 0 aliphatic heterocycles. The lowest BCUT2D eigenvalue weighted by molar-refractivity contribution is 0.274. The molecule has 3 heteroatoms. The van der Waals surface area contributed by atoms with E-state index in [1.165, 1.54) is 5.57 Å². The normalized spacial score (nSPS) is 16.8. The molecule has 0 saturated heterocycles. The topological polar surface area (TPSA) is 34.1 Å². The average molecular weight is 244 g/mol. The van der Waals surface area contributed by atoms with Crippen LogP contribution in [-0.4, -0.2) is 18.1 Å². The van der Waals surface area contributed by atoms with Gasteiger partial charge in [-0.15, -0.1) is 0 Å². The van der Waals surface area contributed by atoms with Gasteiger partial charge in [-0.25, -0.2) is 0 Å². The minimum absolute atomic E-state index is 0.377. The first kappa shape index (κ1) is 12.8. The zero-order chi connectivity index (χ0) is 12.8. The highest BCUT2D eigenvalue weighted by Crippen LogP contribution is 2.21. The molecule has 0 aromatic carbocycles. The van der Waals surface area contributed by atoms with Crippen molar-refractivity contribution in [3.63, 3.8) is 0 Å². The van der Waals surface area contributed by atoms with Crippen molar-refractivity contribution in [3.8, 4) is 0 Å². The molecule has 2 rings (SSSR count). The molecule has 1 aliphatic rings. The number of rotatable bonds is 5. The van der Waals surface area contributed by atoms with Gasteiger partial charge in [0, 0.05) is 25.2 Å². The third-order valence-electron chi connectivity index (χ3n) is 3.28. The van der Waals surface area contributed by atoms with Crippen LogP contribution in [0.4, 0.5) is 0 Å². The van der Waals surface area contributed by atoms with Crippen LogP contribution >= 0.6 is 0 Å². The van der Waals surface area contributed by atoms with E-state index in [2.05, 4.69) is 29.4 Å². The summed E-state index contributed by atoms with van der Waals surface area (Å²) < 4.78 is 5.23. The maximum Gasteiger partial charge on any atom is 0.0958 e. The molecule has 0 spiro atoms. The number of nitrogens with zero attached hydrogens (tertiary/aromatic N) is 1. The molecule has 1 aromatic rings. The van der Waals surface area contributed by atoms with E-state index in [1.54, 1.807) is 7.11 Å². The van der Waals surface area contributed by atoms with E-state index < -0.39 is 0 Å². The summed E-state index contributed by atoms with van der Waals surface area (Å²) in [6.45, 7) is 3.00. The van der Waals surface area contributed by atoms with Crippen LogP contribution in [0, 0.1) is 0 Å². The first-order valence-corrected chi connectivity index (χ1v) is 6.36. The third-order valence-corrected chi connectivity index (χ3v) is 3.28. The van der Waals surface area contributed by atoms with Crippen molar-refractivity contribution in [3.05, 3.63) is 53.6 Å². The molecule has 0 saturated carbocycles. The van der Waals surface area contributed by atoms with Crippen LogP contribution < -0.4 is 5.32 Å². The lowest BCUT2D eigenvalue weighted by atomic mass is 9.98. The van der Waals surface area contributed by atoms with Crippen molar-refractivity contribution in [2.75, 3.05) is 7.11 Å². The van der Waals surface area contributed by atoms with E-state index in [4.69, 9.17) is 4.74 Å². The Morgan fingerprint density at radius 2 is 2.22 bits per heavy atom. The lowest BCUT2D eigenvalue weighted by Gasteiger charge is -2.20. The van der Waals surface area contributed by atoms with Gasteiger partial charge in [0.05, 0.1) is 18.6 Å². The zero-order valence-electron chi connectivity index (χ0n) is 11.0. The van der Waals surface area contributed by atoms with E-state index in [9.17, 15) is 0 Å². The highest BCUT2D eigenvalue weighted by Gasteiger charge is 2.12. The summed E-state index contributed by atoms with van der Waals surface area (Å²) in [5.41, 5.74) is 2.50. The molecule has 0 bridgehead atoms. The number of nitrogens with one attached hydrogen (secondary N) is 1. The zero-order valence-corrected chi connectivity index (χ0v) is 11.0. The number of allylic oxidation sites excluding steroid dienone is 3. The summed E-state index contributed by atoms with van der Waals surface area (Å²) in [4.78, 5) is 4.31. The Morgan fingerprint density at radius 3 is 2.83 bits per heavy atom. The van der Waals surface area contributed by atoms with Crippen LogP contribution in [0.15, 0.2) is 47.9 Å².